The van der Waals surface area contributed by atoms with Crippen molar-refractivity contribution >= 4 is 5.69 Å². The highest BCUT2D eigenvalue weighted by Gasteiger charge is 2.30. The first-order chi connectivity index (χ1) is 12.7. The molecule has 4 rings (SSSR count). The maximum absolute atomic E-state index is 5.39. The molecule has 0 spiro atoms. The minimum atomic E-state index is 0.386. The molecule has 0 unspecified atom stereocenters. The number of nitrogens with zero attached hydrogens (tertiary/aromatic N) is 3. The van der Waals surface area contributed by atoms with Crippen molar-refractivity contribution in [3.05, 3.63) is 29.9 Å². The van der Waals surface area contributed by atoms with E-state index >= 15 is 0 Å². The molecule has 1 aromatic carbocycles. The number of anilines is 1. The summed E-state index contributed by atoms with van der Waals surface area (Å²) in [4.78, 5) is 6.94. The van der Waals surface area contributed by atoms with Gasteiger partial charge >= 0.3 is 0 Å². The predicted octanol–water partition coefficient (Wildman–Crippen LogP) is 3.04. The second kappa shape index (κ2) is 7.53. The fourth-order valence-electron chi connectivity index (χ4n) is 3.51. The van der Waals surface area contributed by atoms with E-state index in [0.29, 0.717) is 12.0 Å². The molecule has 7 nitrogen and oxygen atoms in total. The van der Waals surface area contributed by atoms with Crippen molar-refractivity contribution in [3.8, 4) is 11.5 Å². The molecule has 26 heavy (non-hydrogen) atoms. The van der Waals surface area contributed by atoms with Crippen molar-refractivity contribution in [2.75, 3.05) is 32.6 Å². The SMILES string of the molecule is COc1ccc(N[C@H]2CCCN(Cc3noc(C4CC4)n3)C2)cc1OC. The topological polar surface area (TPSA) is 72.7 Å². The van der Waals surface area contributed by atoms with Crippen molar-refractivity contribution < 1.29 is 14.0 Å². The Morgan fingerprint density at radius 2 is 2.04 bits per heavy atom. The fourth-order valence-corrected chi connectivity index (χ4v) is 3.51. The predicted molar refractivity (Wildman–Crippen MR) is 97.7 cm³/mol. The van der Waals surface area contributed by atoms with Gasteiger partial charge in [-0.3, -0.25) is 4.90 Å². The van der Waals surface area contributed by atoms with Gasteiger partial charge in [0, 0.05) is 30.3 Å². The highest BCUT2D eigenvalue weighted by atomic mass is 16.5. The first kappa shape index (κ1) is 17.1. The van der Waals surface area contributed by atoms with Gasteiger partial charge in [0.15, 0.2) is 17.3 Å². The van der Waals surface area contributed by atoms with Crippen molar-refractivity contribution in [3.63, 3.8) is 0 Å². The lowest BCUT2D eigenvalue weighted by Crippen LogP contribution is -2.41. The first-order valence-corrected chi connectivity index (χ1v) is 9.28. The van der Waals surface area contributed by atoms with Crippen LogP contribution in [-0.4, -0.2) is 48.4 Å². The minimum Gasteiger partial charge on any atom is -0.493 e. The summed E-state index contributed by atoms with van der Waals surface area (Å²) < 4.78 is 16.1. The molecule has 1 aliphatic carbocycles. The molecular formula is C19H26N4O3. The summed E-state index contributed by atoms with van der Waals surface area (Å²) >= 11 is 0. The van der Waals surface area contributed by atoms with Gasteiger partial charge in [-0.1, -0.05) is 5.16 Å². The van der Waals surface area contributed by atoms with Crippen molar-refractivity contribution in [2.45, 2.75) is 44.2 Å². The standard InChI is InChI=1S/C19H26N4O3/c1-24-16-8-7-14(10-17(16)25-2)20-15-4-3-9-23(11-15)12-18-21-19(26-22-18)13-5-6-13/h7-8,10,13,15,20H,3-6,9,11-12H2,1-2H3/t15-/m0/s1. The number of nitrogens with one attached hydrogen (secondary N) is 1. The number of hydrogen-bond acceptors (Lipinski definition) is 7. The third kappa shape index (κ3) is 3.93. The van der Waals surface area contributed by atoms with Crippen LogP contribution in [0.1, 0.15) is 43.3 Å². The maximum atomic E-state index is 5.39. The van der Waals surface area contributed by atoms with Gasteiger partial charge in [-0.25, -0.2) is 0 Å². The first-order valence-electron chi connectivity index (χ1n) is 9.28. The fraction of sp³-hybridized carbons (Fsp3) is 0.579. The van der Waals surface area contributed by atoms with Crippen LogP contribution in [0, 0.1) is 0 Å². The summed E-state index contributed by atoms with van der Waals surface area (Å²) in [6.07, 6.45) is 4.66. The minimum absolute atomic E-state index is 0.386. The Morgan fingerprint density at radius 3 is 2.81 bits per heavy atom. The monoisotopic (exact) mass is 358 g/mol. The molecule has 2 aromatic rings. The van der Waals surface area contributed by atoms with Crippen LogP contribution in [0.3, 0.4) is 0 Å². The van der Waals surface area contributed by atoms with Crippen molar-refractivity contribution in [2.24, 2.45) is 0 Å². The maximum Gasteiger partial charge on any atom is 0.229 e. The summed E-state index contributed by atoms with van der Waals surface area (Å²) in [5.74, 6) is 3.62. The van der Waals surface area contributed by atoms with Crippen molar-refractivity contribution in [1.29, 1.82) is 0 Å². The second-order valence-corrected chi connectivity index (χ2v) is 7.11. The third-order valence-corrected chi connectivity index (χ3v) is 5.04. The Balaban J connectivity index is 1.35. The molecule has 1 atom stereocenters. The van der Waals surface area contributed by atoms with E-state index in [1.807, 2.05) is 18.2 Å². The third-order valence-electron chi connectivity index (χ3n) is 5.04. The second-order valence-electron chi connectivity index (χ2n) is 7.11. The number of methoxy groups -OCH3 is 2. The molecule has 2 fully saturated rings. The number of benzene rings is 1. The zero-order valence-corrected chi connectivity index (χ0v) is 15.4. The van der Waals surface area contributed by atoms with E-state index in [4.69, 9.17) is 14.0 Å². The lowest BCUT2D eigenvalue weighted by atomic mass is 10.1. The van der Waals surface area contributed by atoms with Gasteiger partial charge in [0.2, 0.25) is 5.89 Å². The van der Waals surface area contributed by atoms with Crippen LogP contribution < -0.4 is 14.8 Å². The quantitative estimate of drug-likeness (QED) is 0.815. The Labute approximate surface area is 153 Å². The van der Waals surface area contributed by atoms with E-state index in [1.165, 1.54) is 12.8 Å². The lowest BCUT2D eigenvalue weighted by molar-refractivity contribution is 0.201. The van der Waals surface area contributed by atoms with E-state index in [2.05, 4.69) is 20.4 Å². The number of likely N-dealkylation sites (tertiary alicyclic amines) is 1. The highest BCUT2D eigenvalue weighted by Crippen LogP contribution is 2.39. The van der Waals surface area contributed by atoms with Gasteiger partial charge in [0.25, 0.3) is 0 Å². The average Bonchev–Trinajstić information content (AvgIpc) is 3.41. The molecule has 0 bridgehead atoms. The number of hydrogen-bond donors (Lipinski definition) is 1. The smallest absolute Gasteiger partial charge is 0.229 e. The number of piperidine rings is 1. The normalized spacial score (nSPS) is 20.8. The molecule has 1 saturated carbocycles. The summed E-state index contributed by atoms with van der Waals surface area (Å²) in [5, 5.41) is 7.76. The van der Waals surface area contributed by atoms with Crippen LogP contribution in [0.5, 0.6) is 11.5 Å². The van der Waals surface area contributed by atoms with Crippen molar-refractivity contribution in [1.82, 2.24) is 15.0 Å². The molecule has 2 heterocycles. The molecule has 1 aliphatic heterocycles. The van der Waals surface area contributed by atoms with Crippen LogP contribution in [0.25, 0.3) is 0 Å². The molecule has 1 saturated heterocycles. The number of aromatic nitrogens is 2. The highest BCUT2D eigenvalue weighted by molar-refractivity contribution is 5.55. The van der Waals surface area contributed by atoms with E-state index < -0.39 is 0 Å². The van der Waals surface area contributed by atoms with Crippen LogP contribution in [0.2, 0.25) is 0 Å². The van der Waals surface area contributed by atoms with E-state index in [0.717, 1.165) is 61.4 Å². The Kier molecular flexibility index (Phi) is 4.97. The van der Waals surface area contributed by atoms with Gasteiger partial charge in [-0.2, -0.15) is 4.98 Å². The van der Waals surface area contributed by atoms with E-state index in [9.17, 15) is 0 Å². The van der Waals surface area contributed by atoms with Crippen LogP contribution >= 0.6 is 0 Å². The van der Waals surface area contributed by atoms with Gasteiger partial charge in [0.05, 0.1) is 20.8 Å². The van der Waals surface area contributed by atoms with Gasteiger partial charge in [-0.15, -0.1) is 0 Å². The lowest BCUT2D eigenvalue weighted by Gasteiger charge is -2.33. The number of ether oxygens (including phenoxy) is 2. The number of rotatable bonds is 7. The summed E-state index contributed by atoms with van der Waals surface area (Å²) in [6, 6.07) is 6.33. The molecular weight excluding hydrogens is 332 g/mol. The summed E-state index contributed by atoms with van der Waals surface area (Å²) in [5.41, 5.74) is 1.05. The Morgan fingerprint density at radius 1 is 1.19 bits per heavy atom. The average molecular weight is 358 g/mol. The van der Waals surface area contributed by atoms with Crippen LogP contribution in [-0.2, 0) is 6.54 Å². The van der Waals surface area contributed by atoms with Gasteiger partial charge in [0.1, 0.15) is 0 Å². The summed E-state index contributed by atoms with van der Waals surface area (Å²) in [7, 11) is 3.31. The van der Waals surface area contributed by atoms with Gasteiger partial charge < -0.3 is 19.3 Å². The van der Waals surface area contributed by atoms with E-state index in [1.54, 1.807) is 14.2 Å². The van der Waals surface area contributed by atoms with Crippen LogP contribution in [0.15, 0.2) is 22.7 Å². The largest absolute Gasteiger partial charge is 0.493 e. The summed E-state index contributed by atoms with van der Waals surface area (Å²) in [6.45, 7) is 2.78. The molecule has 0 amide bonds. The molecule has 140 valence electrons. The zero-order valence-electron chi connectivity index (χ0n) is 15.4. The van der Waals surface area contributed by atoms with Crippen LogP contribution in [0.4, 0.5) is 5.69 Å². The molecule has 2 aliphatic rings. The molecule has 0 radical (unpaired) electrons. The zero-order chi connectivity index (χ0) is 17.9. The van der Waals surface area contributed by atoms with Gasteiger partial charge in [-0.05, 0) is 44.4 Å². The van der Waals surface area contributed by atoms with E-state index in [-0.39, 0.29) is 0 Å². The molecule has 1 aromatic heterocycles. The Hall–Kier alpha value is -2.28. The Bertz CT molecular complexity index is 744. The molecule has 7 heteroatoms. The molecule has 1 N–H and O–H groups in total.